The Morgan fingerprint density at radius 1 is 1.10 bits per heavy atom. The average molecular weight is 294 g/mol. The summed E-state index contributed by atoms with van der Waals surface area (Å²) < 4.78 is 23.4. The molecule has 1 aliphatic carbocycles. The molecule has 3 nitrogen and oxygen atoms in total. The summed E-state index contributed by atoms with van der Waals surface area (Å²) in [5, 5.41) is -0.351. The zero-order valence-electron chi connectivity index (χ0n) is 12.3. The van der Waals surface area contributed by atoms with E-state index in [9.17, 15) is 13.2 Å². The maximum Gasteiger partial charge on any atom is 0.166 e. The summed E-state index contributed by atoms with van der Waals surface area (Å²) in [5.74, 6) is -0.0465. The van der Waals surface area contributed by atoms with Crippen LogP contribution in [0, 0.1) is 19.8 Å². The number of Topliss-reactive ketones (excluding diaryl/α,β-unsaturated/α-hetero) is 1. The van der Waals surface area contributed by atoms with Crippen LogP contribution in [0.1, 0.15) is 47.2 Å². The minimum absolute atomic E-state index is 0.102. The number of hydrogen-bond acceptors (Lipinski definition) is 3. The summed E-state index contributed by atoms with van der Waals surface area (Å²) in [6, 6.07) is 5.84. The van der Waals surface area contributed by atoms with E-state index in [4.69, 9.17) is 0 Å². The third-order valence-corrected chi connectivity index (χ3v) is 5.75. The van der Waals surface area contributed by atoms with Crippen molar-refractivity contribution in [1.29, 1.82) is 0 Å². The van der Waals surface area contributed by atoms with E-state index in [0.717, 1.165) is 29.5 Å². The first-order valence-corrected chi connectivity index (χ1v) is 9.04. The molecule has 2 unspecified atom stereocenters. The van der Waals surface area contributed by atoms with Crippen LogP contribution in [0.25, 0.3) is 0 Å². The topological polar surface area (TPSA) is 51.2 Å². The number of hydrogen-bond donors (Lipinski definition) is 0. The Labute approximate surface area is 121 Å². The minimum atomic E-state index is -3.04. The predicted octanol–water partition coefficient (Wildman–Crippen LogP) is 3.09. The molecule has 0 radical (unpaired) electrons. The van der Waals surface area contributed by atoms with Crippen molar-refractivity contribution in [3.8, 4) is 0 Å². The van der Waals surface area contributed by atoms with E-state index in [1.54, 1.807) is 0 Å². The van der Waals surface area contributed by atoms with Crippen molar-refractivity contribution in [3.05, 3.63) is 34.9 Å². The Morgan fingerprint density at radius 2 is 1.70 bits per heavy atom. The lowest BCUT2D eigenvalue weighted by Gasteiger charge is -2.27. The van der Waals surface area contributed by atoms with Gasteiger partial charge in [-0.05, 0) is 45.2 Å². The molecule has 1 aliphatic rings. The van der Waals surface area contributed by atoms with Gasteiger partial charge >= 0.3 is 0 Å². The van der Waals surface area contributed by atoms with E-state index in [0.29, 0.717) is 12.8 Å². The van der Waals surface area contributed by atoms with E-state index in [1.165, 1.54) is 6.26 Å². The zero-order valence-corrected chi connectivity index (χ0v) is 13.2. The number of carbonyl (C=O) groups excluding carboxylic acids is 1. The van der Waals surface area contributed by atoms with Crippen molar-refractivity contribution in [2.24, 2.45) is 5.92 Å². The third kappa shape index (κ3) is 3.48. The van der Waals surface area contributed by atoms with Crippen LogP contribution in [0.5, 0.6) is 0 Å². The van der Waals surface area contributed by atoms with E-state index in [2.05, 4.69) is 0 Å². The standard InChI is InChI=1S/C16H22O3S/c1-11-7-12(2)9-14(8-11)16(17)13-5-4-6-15(10-13)20(3,18)19/h7-9,13,15H,4-6,10H2,1-3H3. The highest BCUT2D eigenvalue weighted by Gasteiger charge is 2.32. The van der Waals surface area contributed by atoms with E-state index >= 15 is 0 Å². The highest BCUT2D eigenvalue weighted by molar-refractivity contribution is 7.91. The quantitative estimate of drug-likeness (QED) is 0.805. The molecule has 1 aromatic rings. The smallest absolute Gasteiger partial charge is 0.166 e. The van der Waals surface area contributed by atoms with Crippen molar-refractivity contribution in [1.82, 2.24) is 0 Å². The second-order valence-electron chi connectivity index (χ2n) is 6.06. The summed E-state index contributed by atoms with van der Waals surface area (Å²) in [6.45, 7) is 3.95. The zero-order chi connectivity index (χ0) is 14.9. The fraction of sp³-hybridized carbons (Fsp3) is 0.562. The molecule has 1 saturated carbocycles. The molecule has 0 bridgehead atoms. The van der Waals surface area contributed by atoms with Crippen molar-refractivity contribution < 1.29 is 13.2 Å². The number of carbonyl (C=O) groups is 1. The molecule has 4 heteroatoms. The molecule has 0 N–H and O–H groups in total. The molecule has 20 heavy (non-hydrogen) atoms. The Kier molecular flexibility index (Phi) is 4.33. The van der Waals surface area contributed by atoms with Gasteiger partial charge in [-0.2, -0.15) is 0 Å². The van der Waals surface area contributed by atoms with Crippen molar-refractivity contribution >= 4 is 15.6 Å². The molecule has 2 rings (SSSR count). The molecular weight excluding hydrogens is 272 g/mol. The highest BCUT2D eigenvalue weighted by Crippen LogP contribution is 2.31. The van der Waals surface area contributed by atoms with Crippen LogP contribution in [0.2, 0.25) is 0 Å². The third-order valence-electron chi connectivity index (χ3n) is 4.11. The lowest BCUT2D eigenvalue weighted by molar-refractivity contribution is 0.0890. The second kappa shape index (κ2) is 5.68. The number of sulfone groups is 1. The molecule has 0 saturated heterocycles. The van der Waals surface area contributed by atoms with Gasteiger partial charge in [-0.3, -0.25) is 4.79 Å². The predicted molar refractivity (Wildman–Crippen MR) is 80.8 cm³/mol. The summed E-state index contributed by atoms with van der Waals surface area (Å²) in [7, 11) is -3.04. The first-order chi connectivity index (χ1) is 9.27. The van der Waals surface area contributed by atoms with Crippen molar-refractivity contribution in [3.63, 3.8) is 0 Å². The van der Waals surface area contributed by atoms with Gasteiger partial charge < -0.3 is 0 Å². The Morgan fingerprint density at radius 3 is 2.25 bits per heavy atom. The van der Waals surface area contributed by atoms with Gasteiger partial charge in [0.05, 0.1) is 5.25 Å². The summed E-state index contributed by atoms with van der Waals surface area (Å²) in [4.78, 5) is 12.6. The number of rotatable bonds is 3. The summed E-state index contributed by atoms with van der Waals surface area (Å²) in [6.07, 6.45) is 4.07. The van der Waals surface area contributed by atoms with Crippen LogP contribution in [0.15, 0.2) is 18.2 Å². The van der Waals surface area contributed by atoms with Crippen LogP contribution >= 0.6 is 0 Å². The SMILES string of the molecule is Cc1cc(C)cc(C(=O)C2CCCC(S(C)(=O)=O)C2)c1. The van der Waals surface area contributed by atoms with Crippen LogP contribution < -0.4 is 0 Å². The first kappa shape index (κ1) is 15.2. The van der Waals surface area contributed by atoms with Crippen LogP contribution in [0.3, 0.4) is 0 Å². The highest BCUT2D eigenvalue weighted by atomic mass is 32.2. The van der Waals surface area contributed by atoms with Gasteiger partial charge in [0, 0.05) is 17.7 Å². The van der Waals surface area contributed by atoms with E-state index < -0.39 is 9.84 Å². The fourth-order valence-corrected chi connectivity index (χ4v) is 4.30. The second-order valence-corrected chi connectivity index (χ2v) is 8.38. The van der Waals surface area contributed by atoms with Gasteiger partial charge in [0.2, 0.25) is 0 Å². The van der Waals surface area contributed by atoms with Crippen LogP contribution in [0.4, 0.5) is 0 Å². The molecule has 0 spiro atoms. The number of aryl methyl sites for hydroxylation is 2. The number of ketones is 1. The fourth-order valence-electron chi connectivity index (χ4n) is 3.12. The molecule has 1 aromatic carbocycles. The van der Waals surface area contributed by atoms with Gasteiger partial charge in [-0.1, -0.05) is 23.6 Å². The summed E-state index contributed by atoms with van der Waals surface area (Å²) in [5.41, 5.74) is 2.87. The maximum absolute atomic E-state index is 12.6. The maximum atomic E-state index is 12.6. The number of benzene rings is 1. The summed E-state index contributed by atoms with van der Waals surface area (Å²) >= 11 is 0. The lowest BCUT2D eigenvalue weighted by Crippen LogP contribution is -2.31. The van der Waals surface area contributed by atoms with Gasteiger partial charge in [0.15, 0.2) is 5.78 Å². The van der Waals surface area contributed by atoms with Crippen LogP contribution in [-0.4, -0.2) is 25.7 Å². The van der Waals surface area contributed by atoms with Gasteiger partial charge in [-0.25, -0.2) is 8.42 Å². The van der Waals surface area contributed by atoms with E-state index in [-0.39, 0.29) is 17.0 Å². The van der Waals surface area contributed by atoms with E-state index in [1.807, 2.05) is 32.0 Å². The Hall–Kier alpha value is -1.16. The van der Waals surface area contributed by atoms with Crippen molar-refractivity contribution in [2.45, 2.75) is 44.8 Å². The molecule has 110 valence electrons. The molecule has 0 aromatic heterocycles. The van der Waals surface area contributed by atoms with Crippen molar-refractivity contribution in [2.75, 3.05) is 6.26 Å². The minimum Gasteiger partial charge on any atom is -0.294 e. The Balaban J connectivity index is 2.20. The Bertz CT molecular complexity index is 596. The first-order valence-electron chi connectivity index (χ1n) is 7.09. The molecular formula is C16H22O3S. The van der Waals surface area contributed by atoms with Gasteiger partial charge in [0.25, 0.3) is 0 Å². The average Bonchev–Trinajstić information content (AvgIpc) is 2.36. The molecule has 0 amide bonds. The lowest BCUT2D eigenvalue weighted by atomic mass is 9.83. The van der Waals surface area contributed by atoms with Gasteiger partial charge in [0.1, 0.15) is 9.84 Å². The molecule has 0 aliphatic heterocycles. The van der Waals surface area contributed by atoms with Crippen LogP contribution in [-0.2, 0) is 9.84 Å². The molecule has 0 heterocycles. The largest absolute Gasteiger partial charge is 0.294 e. The van der Waals surface area contributed by atoms with Gasteiger partial charge in [-0.15, -0.1) is 0 Å². The molecule has 1 fully saturated rings. The molecule has 2 atom stereocenters. The monoisotopic (exact) mass is 294 g/mol. The normalized spacial score (nSPS) is 23.6.